The van der Waals surface area contributed by atoms with E-state index in [2.05, 4.69) is 20.9 Å². The van der Waals surface area contributed by atoms with Crippen LogP contribution in [0.15, 0.2) is 33.8 Å². The van der Waals surface area contributed by atoms with Gasteiger partial charge in [-0.15, -0.1) is 0 Å². The minimum atomic E-state index is -4.28. The molecular formula is C12H9BrF2N2O2S. The molecule has 0 atom stereocenters. The van der Waals surface area contributed by atoms with Crippen molar-refractivity contribution in [2.75, 3.05) is 0 Å². The maximum atomic E-state index is 14.3. The van der Waals surface area contributed by atoms with E-state index in [1.165, 1.54) is 12.3 Å². The highest BCUT2D eigenvalue weighted by Gasteiger charge is 2.23. The molecule has 0 fully saturated rings. The predicted molar refractivity (Wildman–Crippen MR) is 73.4 cm³/mol. The molecule has 2 aromatic rings. The van der Waals surface area contributed by atoms with Crippen LogP contribution in [0.3, 0.4) is 0 Å². The molecule has 1 aromatic carbocycles. The van der Waals surface area contributed by atoms with Gasteiger partial charge in [0.1, 0.15) is 10.7 Å². The van der Waals surface area contributed by atoms with Gasteiger partial charge in [-0.05, 0) is 41.1 Å². The number of sulfonamides is 1. The normalized spacial score (nSPS) is 11.7. The molecule has 0 saturated heterocycles. The van der Waals surface area contributed by atoms with Gasteiger partial charge >= 0.3 is 0 Å². The highest BCUT2D eigenvalue weighted by molar-refractivity contribution is 9.10. The third-order valence-electron chi connectivity index (χ3n) is 2.69. The summed E-state index contributed by atoms with van der Waals surface area (Å²) in [7, 11) is -4.28. The van der Waals surface area contributed by atoms with E-state index < -0.39 is 32.1 Å². The second-order valence-electron chi connectivity index (χ2n) is 4.07. The van der Waals surface area contributed by atoms with Crippen LogP contribution in [0.2, 0.25) is 0 Å². The van der Waals surface area contributed by atoms with Crippen LogP contribution in [0.5, 0.6) is 0 Å². The highest BCUT2D eigenvalue weighted by atomic mass is 79.9. The monoisotopic (exact) mass is 362 g/mol. The summed E-state index contributed by atoms with van der Waals surface area (Å²) < 4.78 is 51.3. The van der Waals surface area contributed by atoms with Gasteiger partial charge in [0.15, 0.2) is 5.82 Å². The first kappa shape index (κ1) is 15.0. The first-order valence-electron chi connectivity index (χ1n) is 5.35. The lowest BCUT2D eigenvalue weighted by molar-refractivity contribution is 0.554. The van der Waals surface area contributed by atoms with Gasteiger partial charge in [0.2, 0.25) is 10.0 Å². The molecular weight excluding hydrogens is 354 g/mol. The van der Waals surface area contributed by atoms with Crippen LogP contribution < -0.4 is 5.14 Å². The summed E-state index contributed by atoms with van der Waals surface area (Å²) in [5.74, 6) is -2.12. The van der Waals surface area contributed by atoms with Gasteiger partial charge in [-0.2, -0.15) is 0 Å². The zero-order chi connectivity index (χ0) is 15.1. The van der Waals surface area contributed by atoms with E-state index in [1.54, 1.807) is 6.92 Å². The minimum Gasteiger partial charge on any atom is -0.260 e. The van der Waals surface area contributed by atoms with Gasteiger partial charge in [0.25, 0.3) is 0 Å². The molecule has 8 heteroatoms. The summed E-state index contributed by atoms with van der Waals surface area (Å²) in [6.07, 6.45) is 1.47. The zero-order valence-corrected chi connectivity index (χ0v) is 12.6. The van der Waals surface area contributed by atoms with E-state index in [4.69, 9.17) is 5.14 Å². The lowest BCUT2D eigenvalue weighted by Gasteiger charge is -2.11. The molecule has 0 saturated carbocycles. The number of primary sulfonamides is 1. The second kappa shape index (κ2) is 5.19. The average Bonchev–Trinajstić information content (AvgIpc) is 2.32. The number of aryl methyl sites for hydroxylation is 1. The van der Waals surface area contributed by atoms with Gasteiger partial charge in [0.05, 0.1) is 5.56 Å². The Morgan fingerprint density at radius 2 is 1.95 bits per heavy atom. The highest BCUT2D eigenvalue weighted by Crippen LogP contribution is 2.32. The molecule has 20 heavy (non-hydrogen) atoms. The van der Waals surface area contributed by atoms with Crippen molar-refractivity contribution in [2.24, 2.45) is 5.14 Å². The Balaban J connectivity index is 2.84. The first-order valence-corrected chi connectivity index (χ1v) is 7.69. The Kier molecular flexibility index (Phi) is 3.90. The molecule has 1 aromatic heterocycles. The summed E-state index contributed by atoms with van der Waals surface area (Å²) in [6.45, 7) is 1.56. The van der Waals surface area contributed by atoms with Gasteiger partial charge in [-0.1, -0.05) is 0 Å². The number of nitrogens with zero attached hydrogens (tertiary/aromatic N) is 1. The van der Waals surface area contributed by atoms with E-state index >= 15 is 0 Å². The number of nitrogens with two attached hydrogens (primary N) is 1. The van der Waals surface area contributed by atoms with Crippen LogP contribution >= 0.6 is 15.9 Å². The summed E-state index contributed by atoms with van der Waals surface area (Å²) in [5, 5.41) is 4.91. The van der Waals surface area contributed by atoms with E-state index in [1.807, 2.05) is 0 Å². The van der Waals surface area contributed by atoms with Crippen LogP contribution in [-0.2, 0) is 10.0 Å². The van der Waals surface area contributed by atoms with Crippen LogP contribution in [0.1, 0.15) is 5.69 Å². The van der Waals surface area contributed by atoms with Crippen LogP contribution in [-0.4, -0.2) is 13.4 Å². The number of hydrogen-bond acceptors (Lipinski definition) is 3. The largest absolute Gasteiger partial charge is 0.260 e. The van der Waals surface area contributed by atoms with Gasteiger partial charge in [-0.3, -0.25) is 4.98 Å². The average molecular weight is 363 g/mol. The van der Waals surface area contributed by atoms with Gasteiger partial charge in [0, 0.05) is 21.9 Å². The molecule has 2 N–H and O–H groups in total. The number of rotatable bonds is 2. The number of pyridine rings is 1. The SMILES string of the molecule is Cc1ncc(Br)cc1-c1c(F)ccc(S(N)(=O)=O)c1F. The first-order chi connectivity index (χ1) is 9.21. The molecule has 0 aliphatic carbocycles. The fraction of sp³-hybridized carbons (Fsp3) is 0.0833. The van der Waals surface area contributed by atoms with E-state index in [-0.39, 0.29) is 5.56 Å². The summed E-state index contributed by atoms with van der Waals surface area (Å²) in [5.41, 5.74) is 0.0419. The van der Waals surface area contributed by atoms with Crippen molar-refractivity contribution >= 4 is 26.0 Å². The van der Waals surface area contributed by atoms with Crippen molar-refractivity contribution < 1.29 is 17.2 Å². The van der Waals surface area contributed by atoms with Crippen molar-refractivity contribution in [3.05, 3.63) is 46.2 Å². The molecule has 0 radical (unpaired) electrons. The fourth-order valence-corrected chi connectivity index (χ4v) is 2.70. The van der Waals surface area contributed by atoms with Crippen molar-refractivity contribution in [3.8, 4) is 11.1 Å². The van der Waals surface area contributed by atoms with Crippen molar-refractivity contribution in [3.63, 3.8) is 0 Å². The molecule has 106 valence electrons. The van der Waals surface area contributed by atoms with E-state index in [0.717, 1.165) is 12.1 Å². The van der Waals surface area contributed by atoms with Crippen LogP contribution in [0.25, 0.3) is 11.1 Å². The summed E-state index contributed by atoms with van der Waals surface area (Å²) >= 11 is 3.15. The third kappa shape index (κ3) is 2.72. The maximum Gasteiger partial charge on any atom is 0.240 e. The van der Waals surface area contributed by atoms with Gasteiger partial charge in [-0.25, -0.2) is 22.3 Å². The van der Waals surface area contributed by atoms with E-state index in [9.17, 15) is 17.2 Å². The number of aromatic nitrogens is 1. The summed E-state index contributed by atoms with van der Waals surface area (Å²) in [6, 6.07) is 3.11. The Bertz CT molecular complexity index is 794. The Labute approximate surface area is 122 Å². The molecule has 0 aliphatic heterocycles. The number of halogens is 3. The number of hydrogen-bond donors (Lipinski definition) is 1. The Morgan fingerprint density at radius 3 is 2.55 bits per heavy atom. The van der Waals surface area contributed by atoms with Crippen LogP contribution in [0, 0.1) is 18.6 Å². The minimum absolute atomic E-state index is 0.153. The van der Waals surface area contributed by atoms with Crippen molar-refractivity contribution in [1.29, 1.82) is 0 Å². The Hall–Kier alpha value is -1.38. The molecule has 4 nitrogen and oxygen atoms in total. The van der Waals surface area contributed by atoms with Crippen molar-refractivity contribution in [1.82, 2.24) is 4.98 Å². The molecule has 0 unspecified atom stereocenters. The topological polar surface area (TPSA) is 73.0 Å². The molecule has 0 bridgehead atoms. The fourth-order valence-electron chi connectivity index (χ4n) is 1.76. The summed E-state index contributed by atoms with van der Waals surface area (Å²) in [4.78, 5) is 3.21. The van der Waals surface area contributed by atoms with Gasteiger partial charge < -0.3 is 0 Å². The zero-order valence-electron chi connectivity index (χ0n) is 10.2. The standard InChI is InChI=1S/C12H9BrF2N2O2S/c1-6-8(4-7(13)5-17-6)11-9(14)2-3-10(12(11)15)20(16,18)19/h2-5H,1H3,(H2,16,18,19). The quantitative estimate of drug-likeness (QED) is 0.892. The third-order valence-corrected chi connectivity index (χ3v) is 4.05. The smallest absolute Gasteiger partial charge is 0.240 e. The van der Waals surface area contributed by atoms with Crippen LogP contribution in [0.4, 0.5) is 8.78 Å². The lowest BCUT2D eigenvalue weighted by atomic mass is 10.0. The number of benzene rings is 1. The second-order valence-corrected chi connectivity index (χ2v) is 6.51. The Morgan fingerprint density at radius 1 is 1.30 bits per heavy atom. The molecule has 0 aliphatic rings. The van der Waals surface area contributed by atoms with Crippen molar-refractivity contribution in [2.45, 2.75) is 11.8 Å². The molecule has 0 spiro atoms. The molecule has 0 amide bonds. The predicted octanol–water partition coefficient (Wildman–Crippen LogP) is 2.75. The molecule has 2 rings (SSSR count). The van der Waals surface area contributed by atoms with E-state index in [0.29, 0.717) is 10.2 Å². The maximum absolute atomic E-state index is 14.3. The lowest BCUT2D eigenvalue weighted by Crippen LogP contribution is -2.15. The molecule has 1 heterocycles.